The van der Waals surface area contributed by atoms with Crippen molar-refractivity contribution in [2.24, 2.45) is 0 Å². The highest BCUT2D eigenvalue weighted by molar-refractivity contribution is 6.03. The number of unbranched alkanes of at least 4 members (excludes halogenated alkanes) is 2. The van der Waals surface area contributed by atoms with Crippen molar-refractivity contribution in [2.75, 3.05) is 0 Å². The van der Waals surface area contributed by atoms with Crippen LogP contribution in [0.15, 0.2) is 42.5 Å². The Hall–Kier alpha value is -2.29. The molecule has 3 rings (SSSR count). The molecular formula is C23H28O3. The van der Waals surface area contributed by atoms with Gasteiger partial charge in [-0.1, -0.05) is 50.1 Å². The topological polar surface area (TPSA) is 35.5 Å². The van der Waals surface area contributed by atoms with Gasteiger partial charge in [0.1, 0.15) is 29.3 Å². The second kappa shape index (κ2) is 7.94. The van der Waals surface area contributed by atoms with E-state index in [1.165, 1.54) is 18.4 Å². The van der Waals surface area contributed by atoms with Crippen LogP contribution in [0.1, 0.15) is 67.9 Å². The molecule has 2 aromatic carbocycles. The SMILES string of the molecule is CCCCCc1cc(OCc2ccccc2)c2c(c1)OC(C)(C)CC2=O. The van der Waals surface area contributed by atoms with Gasteiger partial charge < -0.3 is 9.47 Å². The molecule has 0 fully saturated rings. The minimum absolute atomic E-state index is 0.0967. The number of Topliss-reactive ketones (excluding diaryl/α,β-unsaturated/α-hetero) is 1. The van der Waals surface area contributed by atoms with Crippen LogP contribution in [0.4, 0.5) is 0 Å². The standard InChI is InChI=1S/C23H28O3/c1-4-5-7-12-18-13-20(25-16-17-10-8-6-9-11-17)22-19(24)15-23(2,3)26-21(22)14-18/h6,8-11,13-14H,4-5,7,12,15-16H2,1-3H3. The summed E-state index contributed by atoms with van der Waals surface area (Å²) in [6, 6.07) is 14.1. The Bertz CT molecular complexity index is 763. The van der Waals surface area contributed by atoms with Crippen molar-refractivity contribution in [2.45, 2.75) is 65.1 Å². The van der Waals surface area contributed by atoms with Gasteiger partial charge in [-0.2, -0.15) is 0 Å². The molecular weight excluding hydrogens is 324 g/mol. The molecule has 26 heavy (non-hydrogen) atoms. The van der Waals surface area contributed by atoms with Gasteiger partial charge in [0, 0.05) is 0 Å². The van der Waals surface area contributed by atoms with Gasteiger partial charge in [-0.05, 0) is 49.9 Å². The molecule has 0 radical (unpaired) electrons. The monoisotopic (exact) mass is 352 g/mol. The van der Waals surface area contributed by atoms with Gasteiger partial charge in [-0.15, -0.1) is 0 Å². The second-order valence-electron chi connectivity index (χ2n) is 7.66. The zero-order valence-corrected chi connectivity index (χ0v) is 16.0. The molecule has 3 nitrogen and oxygen atoms in total. The van der Waals surface area contributed by atoms with Gasteiger partial charge in [0.2, 0.25) is 0 Å². The molecule has 1 aliphatic heterocycles. The van der Waals surface area contributed by atoms with E-state index in [-0.39, 0.29) is 5.78 Å². The summed E-state index contributed by atoms with van der Waals surface area (Å²) in [6.07, 6.45) is 4.86. The number of hydrogen-bond acceptors (Lipinski definition) is 3. The van der Waals surface area contributed by atoms with Gasteiger partial charge in [-0.25, -0.2) is 0 Å². The predicted molar refractivity (Wildman–Crippen MR) is 104 cm³/mol. The van der Waals surface area contributed by atoms with Crippen molar-refractivity contribution < 1.29 is 14.3 Å². The fourth-order valence-electron chi connectivity index (χ4n) is 3.38. The number of rotatable bonds is 7. The van der Waals surface area contributed by atoms with E-state index < -0.39 is 5.60 Å². The van der Waals surface area contributed by atoms with Crippen LogP contribution in [0.25, 0.3) is 0 Å². The zero-order valence-electron chi connectivity index (χ0n) is 16.0. The lowest BCUT2D eigenvalue weighted by molar-refractivity contribution is 0.0610. The number of fused-ring (bicyclic) bond motifs is 1. The first kappa shape index (κ1) is 18.5. The molecule has 0 spiro atoms. The lowest BCUT2D eigenvalue weighted by Crippen LogP contribution is -2.36. The number of carbonyl (C=O) groups excluding carboxylic acids is 1. The van der Waals surface area contributed by atoms with Crippen molar-refractivity contribution in [1.29, 1.82) is 0 Å². The smallest absolute Gasteiger partial charge is 0.174 e. The highest BCUT2D eigenvalue weighted by Crippen LogP contribution is 2.40. The van der Waals surface area contributed by atoms with Crippen LogP contribution in [0.5, 0.6) is 11.5 Å². The summed E-state index contributed by atoms with van der Waals surface area (Å²) >= 11 is 0. The van der Waals surface area contributed by atoms with Crippen molar-refractivity contribution in [1.82, 2.24) is 0 Å². The molecule has 0 saturated heterocycles. The maximum absolute atomic E-state index is 12.7. The Morgan fingerprint density at radius 1 is 1.08 bits per heavy atom. The van der Waals surface area contributed by atoms with Crippen LogP contribution in [-0.2, 0) is 13.0 Å². The molecule has 0 unspecified atom stereocenters. The van der Waals surface area contributed by atoms with Crippen molar-refractivity contribution in [3.8, 4) is 11.5 Å². The molecule has 0 aromatic heterocycles. The van der Waals surface area contributed by atoms with Gasteiger partial charge in [0.15, 0.2) is 5.78 Å². The number of benzene rings is 2. The predicted octanol–water partition coefficient (Wildman–Crippen LogP) is 5.74. The average Bonchev–Trinajstić information content (AvgIpc) is 2.59. The van der Waals surface area contributed by atoms with Crippen LogP contribution in [0, 0.1) is 0 Å². The molecule has 3 heteroatoms. The largest absolute Gasteiger partial charge is 0.488 e. The molecule has 0 saturated carbocycles. The summed E-state index contributed by atoms with van der Waals surface area (Å²) in [5.41, 5.74) is 2.38. The third kappa shape index (κ3) is 4.46. The molecule has 0 atom stereocenters. The van der Waals surface area contributed by atoms with E-state index in [2.05, 4.69) is 6.92 Å². The van der Waals surface area contributed by atoms with E-state index in [1.807, 2.05) is 56.3 Å². The normalized spacial score (nSPS) is 15.3. The molecule has 2 aromatic rings. The summed E-state index contributed by atoms with van der Waals surface area (Å²) in [5, 5.41) is 0. The third-order valence-corrected chi connectivity index (χ3v) is 4.68. The van der Waals surface area contributed by atoms with Crippen molar-refractivity contribution >= 4 is 5.78 Å². The summed E-state index contributed by atoms with van der Waals surface area (Å²) in [7, 11) is 0. The molecule has 0 aliphatic carbocycles. The molecule has 138 valence electrons. The lowest BCUT2D eigenvalue weighted by Gasteiger charge is -2.32. The van der Waals surface area contributed by atoms with Gasteiger partial charge in [-0.3, -0.25) is 4.79 Å². The molecule has 0 bridgehead atoms. The Morgan fingerprint density at radius 3 is 2.58 bits per heavy atom. The highest BCUT2D eigenvalue weighted by atomic mass is 16.5. The summed E-state index contributed by atoms with van der Waals surface area (Å²) < 4.78 is 12.2. The number of aryl methyl sites for hydroxylation is 1. The fourth-order valence-corrected chi connectivity index (χ4v) is 3.38. The van der Waals surface area contributed by atoms with E-state index in [0.717, 1.165) is 18.4 Å². The van der Waals surface area contributed by atoms with E-state index in [4.69, 9.17) is 9.47 Å². The second-order valence-corrected chi connectivity index (χ2v) is 7.66. The molecule has 1 aliphatic rings. The van der Waals surface area contributed by atoms with Crippen LogP contribution in [0.3, 0.4) is 0 Å². The minimum atomic E-state index is -0.469. The number of carbonyl (C=O) groups is 1. The first-order valence-corrected chi connectivity index (χ1v) is 9.54. The Morgan fingerprint density at radius 2 is 1.85 bits per heavy atom. The van der Waals surface area contributed by atoms with E-state index in [1.54, 1.807) is 0 Å². The Labute approximate surface area is 156 Å². The third-order valence-electron chi connectivity index (χ3n) is 4.68. The van der Waals surface area contributed by atoms with Gasteiger partial charge in [0.05, 0.1) is 6.42 Å². The maximum Gasteiger partial charge on any atom is 0.174 e. The maximum atomic E-state index is 12.7. The fraction of sp³-hybridized carbons (Fsp3) is 0.435. The highest BCUT2D eigenvalue weighted by Gasteiger charge is 2.35. The van der Waals surface area contributed by atoms with Crippen molar-refractivity contribution in [3.05, 3.63) is 59.2 Å². The van der Waals surface area contributed by atoms with Crippen LogP contribution in [0.2, 0.25) is 0 Å². The van der Waals surface area contributed by atoms with E-state index in [9.17, 15) is 4.79 Å². The zero-order chi connectivity index (χ0) is 18.6. The first-order valence-electron chi connectivity index (χ1n) is 9.54. The van der Waals surface area contributed by atoms with E-state index in [0.29, 0.717) is 30.1 Å². The minimum Gasteiger partial charge on any atom is -0.488 e. The van der Waals surface area contributed by atoms with Crippen molar-refractivity contribution in [3.63, 3.8) is 0 Å². The number of ether oxygens (including phenoxy) is 2. The molecule has 1 heterocycles. The summed E-state index contributed by atoms with van der Waals surface area (Å²) in [5.74, 6) is 1.42. The Balaban J connectivity index is 1.90. The Kier molecular flexibility index (Phi) is 5.65. The van der Waals surface area contributed by atoms with Crippen LogP contribution >= 0.6 is 0 Å². The van der Waals surface area contributed by atoms with Crippen LogP contribution in [-0.4, -0.2) is 11.4 Å². The van der Waals surface area contributed by atoms with Gasteiger partial charge >= 0.3 is 0 Å². The molecule has 0 N–H and O–H groups in total. The number of ketones is 1. The van der Waals surface area contributed by atoms with E-state index >= 15 is 0 Å². The number of hydrogen-bond donors (Lipinski definition) is 0. The molecule has 0 amide bonds. The average molecular weight is 352 g/mol. The van der Waals surface area contributed by atoms with Crippen LogP contribution < -0.4 is 9.47 Å². The lowest BCUT2D eigenvalue weighted by atomic mass is 9.91. The summed E-state index contributed by atoms with van der Waals surface area (Å²) in [6.45, 7) is 6.57. The first-order chi connectivity index (χ1) is 12.5. The summed E-state index contributed by atoms with van der Waals surface area (Å²) in [4.78, 5) is 12.7. The quantitative estimate of drug-likeness (QED) is 0.596. The van der Waals surface area contributed by atoms with Gasteiger partial charge in [0.25, 0.3) is 0 Å².